The number of halogens is 2. The molecule has 0 spiro atoms. The summed E-state index contributed by atoms with van der Waals surface area (Å²) in [6.45, 7) is 6.91. The highest BCUT2D eigenvalue weighted by atomic mass is 19.1. The van der Waals surface area contributed by atoms with Crippen LogP contribution in [0.15, 0.2) is 11.6 Å². The SMILES string of the molecule is CCCCCCCCCC(=O)O[C@H]1C[C@@]2(C)[C@@H](C[C@H]3O[C@@H](CCC)O[C@]32C(=O)CO)[C@@H]2C[C@H](F)C3=CC(=O)CC[C@]3(C)[C@@]12F. The number of carbonyl (C=O) groups is 3. The Balaban J connectivity index is 1.49. The number of aliphatic hydroxyl groups is 1. The number of Topliss-reactive ketones (excluding diaryl/α,β-unsaturated/α-hetero) is 1. The Hall–Kier alpha value is -1.71. The maximum atomic E-state index is 18.4. The van der Waals surface area contributed by atoms with Gasteiger partial charge in [0.2, 0.25) is 0 Å². The second-order valence-corrected chi connectivity index (χ2v) is 14.6. The van der Waals surface area contributed by atoms with E-state index in [9.17, 15) is 19.5 Å². The van der Waals surface area contributed by atoms with E-state index in [4.69, 9.17) is 14.2 Å². The number of hydrogen-bond acceptors (Lipinski definition) is 7. The molecule has 1 saturated heterocycles. The average Bonchev–Trinajstić information content (AvgIpc) is 3.47. The van der Waals surface area contributed by atoms with Crippen LogP contribution in [0.1, 0.15) is 124 Å². The highest BCUT2D eigenvalue weighted by Crippen LogP contribution is 2.73. The van der Waals surface area contributed by atoms with Crippen LogP contribution in [0.25, 0.3) is 0 Å². The molecule has 9 heteroatoms. The summed E-state index contributed by atoms with van der Waals surface area (Å²) in [5.74, 6) is -2.69. The van der Waals surface area contributed by atoms with Crippen LogP contribution in [0.2, 0.25) is 0 Å². The van der Waals surface area contributed by atoms with Crippen molar-refractivity contribution in [2.24, 2.45) is 22.7 Å². The van der Waals surface area contributed by atoms with Crippen molar-refractivity contribution in [1.29, 1.82) is 0 Å². The maximum absolute atomic E-state index is 18.4. The van der Waals surface area contributed by atoms with Crippen molar-refractivity contribution in [2.45, 2.75) is 160 Å². The number of alkyl halides is 2. The first kappa shape index (κ1) is 33.6. The normalized spacial score (nSPS) is 42.6. The molecule has 4 fully saturated rings. The van der Waals surface area contributed by atoms with Gasteiger partial charge in [0.05, 0.1) is 6.10 Å². The zero-order chi connectivity index (χ0) is 31.9. The molecule has 0 unspecified atom stereocenters. The van der Waals surface area contributed by atoms with Crippen LogP contribution < -0.4 is 0 Å². The van der Waals surface area contributed by atoms with Crippen LogP contribution in [0.4, 0.5) is 8.78 Å². The van der Waals surface area contributed by atoms with Gasteiger partial charge in [0, 0.05) is 29.6 Å². The van der Waals surface area contributed by atoms with E-state index in [1.165, 1.54) is 18.9 Å². The van der Waals surface area contributed by atoms with Gasteiger partial charge in [-0.05, 0) is 56.1 Å². The number of rotatable bonds is 13. The molecule has 7 nitrogen and oxygen atoms in total. The minimum atomic E-state index is -2.16. The van der Waals surface area contributed by atoms with Gasteiger partial charge in [0.25, 0.3) is 0 Å². The Morgan fingerprint density at radius 2 is 1.75 bits per heavy atom. The fourth-order valence-electron chi connectivity index (χ4n) is 9.89. The van der Waals surface area contributed by atoms with Gasteiger partial charge < -0.3 is 19.3 Å². The van der Waals surface area contributed by atoms with E-state index in [1.807, 2.05) is 13.8 Å². The first-order valence-electron chi connectivity index (χ1n) is 17.2. The van der Waals surface area contributed by atoms with E-state index >= 15 is 8.78 Å². The molecule has 0 amide bonds. The summed E-state index contributed by atoms with van der Waals surface area (Å²) in [6, 6.07) is 0. The Kier molecular flexibility index (Phi) is 9.81. The second-order valence-electron chi connectivity index (χ2n) is 14.6. The predicted octanol–water partition coefficient (Wildman–Crippen LogP) is 6.67. The number of hydrogen-bond donors (Lipinski definition) is 1. The number of esters is 1. The molecule has 4 aliphatic carbocycles. The molecule has 1 aliphatic heterocycles. The maximum Gasteiger partial charge on any atom is 0.306 e. The molecule has 3 saturated carbocycles. The van der Waals surface area contributed by atoms with Crippen LogP contribution in [-0.2, 0) is 28.6 Å². The van der Waals surface area contributed by atoms with Crippen molar-refractivity contribution >= 4 is 17.5 Å². The summed E-state index contributed by atoms with van der Waals surface area (Å²) >= 11 is 0. The van der Waals surface area contributed by atoms with Gasteiger partial charge in [-0.15, -0.1) is 0 Å². The fourth-order valence-corrected chi connectivity index (χ4v) is 9.89. The first-order chi connectivity index (χ1) is 20.9. The average molecular weight is 623 g/mol. The molecule has 0 aromatic rings. The molecule has 0 aromatic heterocycles. The van der Waals surface area contributed by atoms with E-state index in [1.54, 1.807) is 6.92 Å². The molecule has 248 valence electrons. The highest BCUT2D eigenvalue weighted by molar-refractivity contribution is 5.92. The van der Waals surface area contributed by atoms with Crippen LogP contribution in [0, 0.1) is 22.7 Å². The van der Waals surface area contributed by atoms with Crippen LogP contribution in [-0.4, -0.2) is 65.2 Å². The Morgan fingerprint density at radius 1 is 1.05 bits per heavy atom. The molecule has 10 atom stereocenters. The van der Waals surface area contributed by atoms with Crippen molar-refractivity contribution in [3.05, 3.63) is 11.6 Å². The summed E-state index contributed by atoms with van der Waals surface area (Å²) in [5, 5.41) is 10.2. The minimum Gasteiger partial charge on any atom is -0.459 e. The van der Waals surface area contributed by atoms with Crippen LogP contribution in [0.5, 0.6) is 0 Å². The quantitative estimate of drug-likeness (QED) is 0.181. The lowest BCUT2D eigenvalue weighted by Crippen LogP contribution is -2.72. The first-order valence-corrected chi connectivity index (χ1v) is 17.2. The monoisotopic (exact) mass is 622 g/mol. The third-order valence-corrected chi connectivity index (χ3v) is 12.1. The van der Waals surface area contributed by atoms with Crippen molar-refractivity contribution in [3.8, 4) is 0 Å². The molecule has 0 bridgehead atoms. The van der Waals surface area contributed by atoms with E-state index in [0.717, 1.165) is 32.1 Å². The van der Waals surface area contributed by atoms with Gasteiger partial charge >= 0.3 is 5.97 Å². The topological polar surface area (TPSA) is 99.1 Å². The van der Waals surface area contributed by atoms with Gasteiger partial charge in [-0.1, -0.05) is 72.6 Å². The van der Waals surface area contributed by atoms with E-state index < -0.39 is 77.0 Å². The van der Waals surface area contributed by atoms with Crippen molar-refractivity contribution in [3.63, 3.8) is 0 Å². The summed E-state index contributed by atoms with van der Waals surface area (Å²) < 4.78 is 53.3. The smallest absolute Gasteiger partial charge is 0.306 e. The van der Waals surface area contributed by atoms with E-state index in [-0.39, 0.29) is 49.9 Å². The van der Waals surface area contributed by atoms with Crippen molar-refractivity contribution in [1.82, 2.24) is 0 Å². The standard InChI is InChI=1S/C35H52F2O7/c1-5-7-8-9-10-11-12-14-30(41)42-29-20-33(4)23(19-28-35(33,27(40)21-38)44-31(43-28)13-6-2)24-18-26(36)25-17-22(39)15-16-32(25,3)34(24,29)37/h17,23-24,26,28-29,31,38H,5-16,18-21H2,1-4H3/t23-,24-,26-,28+,29-,31+,32-,33-,34-,35+/m0/s1. The van der Waals surface area contributed by atoms with Gasteiger partial charge in [0.15, 0.2) is 29.1 Å². The summed E-state index contributed by atoms with van der Waals surface area (Å²) in [7, 11) is 0. The van der Waals surface area contributed by atoms with E-state index in [0.29, 0.717) is 12.8 Å². The molecule has 0 radical (unpaired) electrons. The largest absolute Gasteiger partial charge is 0.459 e. The molecule has 1 N–H and O–H groups in total. The number of fused-ring (bicyclic) bond motifs is 7. The molecular formula is C35H52F2O7. The molecular weight excluding hydrogens is 570 g/mol. The molecule has 0 aromatic carbocycles. The third kappa shape index (κ3) is 5.11. The van der Waals surface area contributed by atoms with Gasteiger partial charge in [-0.2, -0.15) is 0 Å². The number of carbonyl (C=O) groups excluding carboxylic acids is 3. The number of ketones is 2. The highest BCUT2D eigenvalue weighted by Gasteiger charge is 2.80. The minimum absolute atomic E-state index is 0.0222. The number of unbranched alkanes of at least 4 members (excludes halogenated alkanes) is 6. The Labute approximate surface area is 260 Å². The Morgan fingerprint density at radius 3 is 2.43 bits per heavy atom. The molecule has 5 rings (SSSR count). The fraction of sp³-hybridized carbons (Fsp3) is 0.857. The lowest BCUT2D eigenvalue weighted by molar-refractivity contribution is -0.249. The third-order valence-electron chi connectivity index (χ3n) is 12.1. The van der Waals surface area contributed by atoms with Crippen LogP contribution >= 0.6 is 0 Å². The van der Waals surface area contributed by atoms with Gasteiger partial charge in [0.1, 0.15) is 18.9 Å². The lowest BCUT2D eigenvalue weighted by atomic mass is 9.43. The number of ether oxygens (including phenoxy) is 3. The number of aliphatic hydroxyl groups excluding tert-OH is 1. The number of allylic oxidation sites excluding steroid dienone is 1. The zero-order valence-corrected chi connectivity index (χ0v) is 27.0. The van der Waals surface area contributed by atoms with Crippen molar-refractivity contribution < 1.29 is 42.5 Å². The van der Waals surface area contributed by atoms with Gasteiger partial charge in [-0.3, -0.25) is 14.4 Å². The van der Waals surface area contributed by atoms with Gasteiger partial charge in [-0.25, -0.2) is 8.78 Å². The molecule has 1 heterocycles. The molecule has 44 heavy (non-hydrogen) atoms. The van der Waals surface area contributed by atoms with Crippen molar-refractivity contribution in [2.75, 3.05) is 6.61 Å². The Bertz CT molecular complexity index is 1140. The van der Waals surface area contributed by atoms with E-state index in [2.05, 4.69) is 6.92 Å². The second kappa shape index (κ2) is 12.8. The van der Waals surface area contributed by atoms with Crippen LogP contribution in [0.3, 0.4) is 0 Å². The zero-order valence-electron chi connectivity index (χ0n) is 27.0. The lowest BCUT2D eigenvalue weighted by Gasteiger charge is -2.64. The predicted molar refractivity (Wildman–Crippen MR) is 160 cm³/mol. The summed E-state index contributed by atoms with van der Waals surface area (Å²) in [6.07, 6.45) is 5.98. The summed E-state index contributed by atoms with van der Waals surface area (Å²) in [5.41, 5.74) is -5.99. The summed E-state index contributed by atoms with van der Waals surface area (Å²) in [4.78, 5) is 39.5. The molecule has 5 aliphatic rings.